The van der Waals surface area contributed by atoms with Gasteiger partial charge in [0.05, 0.1) is 0 Å². The van der Waals surface area contributed by atoms with Crippen LogP contribution in [-0.2, 0) is 11.2 Å². The van der Waals surface area contributed by atoms with E-state index in [0.29, 0.717) is 12.5 Å². The zero-order chi connectivity index (χ0) is 13.8. The molecule has 0 amide bonds. The molecule has 0 aromatic heterocycles. The summed E-state index contributed by atoms with van der Waals surface area (Å²) in [5.74, 6) is -0.277. The molecule has 0 saturated carbocycles. The van der Waals surface area contributed by atoms with Crippen LogP contribution < -0.4 is 5.32 Å². The van der Waals surface area contributed by atoms with Crippen LogP contribution in [0.5, 0.6) is 0 Å². The maximum Gasteiger partial charge on any atom is 0.323 e. The molecule has 1 aromatic rings. The van der Waals surface area contributed by atoms with Crippen molar-refractivity contribution in [3.8, 4) is 0 Å². The van der Waals surface area contributed by atoms with Gasteiger partial charge in [0.25, 0.3) is 0 Å². The normalized spacial score (nSPS) is 11.8. The van der Waals surface area contributed by atoms with E-state index in [1.807, 2.05) is 0 Å². The maximum atomic E-state index is 10.9. The van der Waals surface area contributed by atoms with Crippen molar-refractivity contribution in [1.82, 2.24) is 5.32 Å². The smallest absolute Gasteiger partial charge is 0.323 e. The van der Waals surface area contributed by atoms with Crippen molar-refractivity contribution >= 4 is 5.97 Å². The molecule has 18 heavy (non-hydrogen) atoms. The first-order chi connectivity index (χ1) is 8.33. The molecule has 0 atom stereocenters. The van der Waals surface area contributed by atoms with Crippen LogP contribution in [0.4, 0.5) is 0 Å². The Morgan fingerprint density at radius 1 is 1.28 bits per heavy atom. The molecule has 0 radical (unpaired) electrons. The first kappa shape index (κ1) is 14.7. The van der Waals surface area contributed by atoms with Crippen molar-refractivity contribution in [1.29, 1.82) is 0 Å². The summed E-state index contributed by atoms with van der Waals surface area (Å²) in [5, 5.41) is 12.0. The van der Waals surface area contributed by atoms with Gasteiger partial charge < -0.3 is 10.4 Å². The number of hydrogen-bond donors (Lipinski definition) is 2. The lowest BCUT2D eigenvalue weighted by molar-refractivity contribution is -0.143. The minimum atomic E-state index is -0.863. The lowest BCUT2D eigenvalue weighted by atomic mass is 10.0. The van der Waals surface area contributed by atoms with E-state index in [1.165, 1.54) is 11.1 Å². The Morgan fingerprint density at radius 2 is 1.83 bits per heavy atom. The highest BCUT2D eigenvalue weighted by Gasteiger charge is 2.25. The summed E-state index contributed by atoms with van der Waals surface area (Å²) in [6.07, 6.45) is 0.842. The van der Waals surface area contributed by atoms with Gasteiger partial charge in [0.15, 0.2) is 0 Å². The third-order valence-corrected chi connectivity index (χ3v) is 3.16. The van der Waals surface area contributed by atoms with Gasteiger partial charge >= 0.3 is 5.97 Å². The average Bonchev–Trinajstić information content (AvgIpc) is 2.29. The fraction of sp³-hybridized carbons (Fsp3) is 0.533. The molecular weight excluding hydrogens is 226 g/mol. The van der Waals surface area contributed by atoms with Crippen molar-refractivity contribution in [2.45, 2.75) is 45.6 Å². The minimum absolute atomic E-state index is 0.545. The van der Waals surface area contributed by atoms with Crippen molar-refractivity contribution in [3.63, 3.8) is 0 Å². The van der Waals surface area contributed by atoms with Gasteiger partial charge in [0.1, 0.15) is 5.54 Å². The summed E-state index contributed by atoms with van der Waals surface area (Å²) in [6.45, 7) is 8.37. The number of carbonyl (C=O) groups is 1. The Morgan fingerprint density at radius 3 is 2.28 bits per heavy atom. The van der Waals surface area contributed by atoms with E-state index >= 15 is 0 Å². The fourth-order valence-electron chi connectivity index (χ4n) is 1.66. The summed E-state index contributed by atoms with van der Waals surface area (Å²) in [6, 6.07) is 8.51. The van der Waals surface area contributed by atoms with Crippen LogP contribution in [0.15, 0.2) is 24.3 Å². The van der Waals surface area contributed by atoms with Gasteiger partial charge in [-0.2, -0.15) is 0 Å². The Labute approximate surface area is 109 Å². The molecular formula is C15H23NO2. The second-order valence-corrected chi connectivity index (χ2v) is 5.50. The van der Waals surface area contributed by atoms with Crippen LogP contribution in [-0.4, -0.2) is 23.2 Å². The number of hydrogen-bond acceptors (Lipinski definition) is 2. The van der Waals surface area contributed by atoms with E-state index in [1.54, 1.807) is 13.8 Å². The molecule has 0 saturated heterocycles. The predicted molar refractivity (Wildman–Crippen MR) is 74.0 cm³/mol. The van der Waals surface area contributed by atoms with Gasteiger partial charge in [-0.15, -0.1) is 0 Å². The van der Waals surface area contributed by atoms with Gasteiger partial charge in [-0.3, -0.25) is 4.79 Å². The number of aliphatic carboxylic acids is 1. The summed E-state index contributed by atoms with van der Waals surface area (Å²) in [4.78, 5) is 10.9. The van der Waals surface area contributed by atoms with E-state index in [4.69, 9.17) is 5.11 Å². The Balaban J connectivity index is 2.47. The molecule has 2 N–H and O–H groups in total. The molecule has 0 aliphatic carbocycles. The van der Waals surface area contributed by atoms with Crippen LogP contribution in [0.3, 0.4) is 0 Å². The van der Waals surface area contributed by atoms with E-state index in [0.717, 1.165) is 6.42 Å². The van der Waals surface area contributed by atoms with Crippen LogP contribution in [0.1, 0.15) is 44.7 Å². The Bertz CT molecular complexity index is 393. The second-order valence-electron chi connectivity index (χ2n) is 5.50. The number of rotatable bonds is 6. The van der Waals surface area contributed by atoms with Crippen molar-refractivity contribution in [2.24, 2.45) is 0 Å². The highest BCUT2D eigenvalue weighted by molar-refractivity contribution is 5.77. The molecule has 0 heterocycles. The lowest BCUT2D eigenvalue weighted by Crippen LogP contribution is -2.47. The third kappa shape index (κ3) is 4.15. The lowest BCUT2D eigenvalue weighted by Gasteiger charge is -2.21. The first-order valence-electron chi connectivity index (χ1n) is 6.40. The summed E-state index contributed by atoms with van der Waals surface area (Å²) < 4.78 is 0. The second kappa shape index (κ2) is 6.01. The fourth-order valence-corrected chi connectivity index (χ4v) is 1.66. The highest BCUT2D eigenvalue weighted by Crippen LogP contribution is 2.14. The summed E-state index contributed by atoms with van der Waals surface area (Å²) in [5.41, 5.74) is 1.70. The van der Waals surface area contributed by atoms with E-state index < -0.39 is 11.5 Å². The van der Waals surface area contributed by atoms with E-state index in [9.17, 15) is 4.79 Å². The van der Waals surface area contributed by atoms with Gasteiger partial charge in [0, 0.05) is 6.54 Å². The molecule has 0 unspecified atom stereocenters. The zero-order valence-electron chi connectivity index (χ0n) is 11.7. The van der Waals surface area contributed by atoms with E-state index in [-0.39, 0.29) is 0 Å². The zero-order valence-corrected chi connectivity index (χ0v) is 11.7. The molecule has 1 rings (SSSR count). The molecule has 3 heteroatoms. The summed E-state index contributed by atoms with van der Waals surface area (Å²) in [7, 11) is 0. The quantitative estimate of drug-likeness (QED) is 0.815. The summed E-state index contributed by atoms with van der Waals surface area (Å²) >= 11 is 0. The van der Waals surface area contributed by atoms with Gasteiger partial charge in [-0.1, -0.05) is 38.1 Å². The standard InChI is InChI=1S/C15H23NO2/c1-11(2)13-7-5-12(6-8-13)9-10-16-15(3,4)14(17)18/h5-8,11,16H,9-10H2,1-4H3,(H,17,18). The van der Waals surface area contributed by atoms with Crippen molar-refractivity contribution in [2.75, 3.05) is 6.54 Å². The molecule has 0 spiro atoms. The van der Waals surface area contributed by atoms with E-state index in [2.05, 4.69) is 43.4 Å². The minimum Gasteiger partial charge on any atom is -0.480 e. The largest absolute Gasteiger partial charge is 0.480 e. The van der Waals surface area contributed by atoms with Gasteiger partial charge in [-0.05, 0) is 37.3 Å². The molecule has 0 fully saturated rings. The SMILES string of the molecule is CC(C)c1ccc(CCNC(C)(C)C(=O)O)cc1. The molecule has 1 aromatic carbocycles. The van der Waals surface area contributed by atoms with Crippen LogP contribution in [0, 0.1) is 0 Å². The molecule has 0 bridgehead atoms. The molecule has 0 aliphatic rings. The Kier molecular flexibility index (Phi) is 4.91. The van der Waals surface area contributed by atoms with Crippen LogP contribution in [0.25, 0.3) is 0 Å². The molecule has 0 aliphatic heterocycles. The van der Waals surface area contributed by atoms with Crippen molar-refractivity contribution < 1.29 is 9.90 Å². The van der Waals surface area contributed by atoms with Crippen LogP contribution >= 0.6 is 0 Å². The number of benzene rings is 1. The van der Waals surface area contributed by atoms with Gasteiger partial charge in [0.2, 0.25) is 0 Å². The highest BCUT2D eigenvalue weighted by atomic mass is 16.4. The van der Waals surface area contributed by atoms with Crippen molar-refractivity contribution in [3.05, 3.63) is 35.4 Å². The van der Waals surface area contributed by atoms with Gasteiger partial charge in [-0.25, -0.2) is 0 Å². The topological polar surface area (TPSA) is 49.3 Å². The monoisotopic (exact) mass is 249 g/mol. The first-order valence-corrected chi connectivity index (χ1v) is 6.40. The number of nitrogens with one attached hydrogen (secondary N) is 1. The van der Waals surface area contributed by atoms with Crippen LogP contribution in [0.2, 0.25) is 0 Å². The predicted octanol–water partition coefficient (Wildman–Crippen LogP) is 2.81. The maximum absolute atomic E-state index is 10.9. The number of carboxylic acid groups (broad SMARTS) is 1. The average molecular weight is 249 g/mol. The molecule has 100 valence electrons. The number of carboxylic acids is 1. The third-order valence-electron chi connectivity index (χ3n) is 3.16. The Hall–Kier alpha value is -1.35. The molecule has 3 nitrogen and oxygen atoms in total.